The molecule has 3 N–H and O–H groups in total. The van der Waals surface area contributed by atoms with E-state index in [-0.39, 0.29) is 35.9 Å². The number of ether oxygens (including phenoxy) is 2. The van der Waals surface area contributed by atoms with Crippen LogP contribution in [0.4, 0.5) is 5.69 Å². The molecule has 0 saturated carbocycles. The van der Waals surface area contributed by atoms with E-state index in [4.69, 9.17) is 15.2 Å². The van der Waals surface area contributed by atoms with Crippen LogP contribution in [0.5, 0.6) is 0 Å². The summed E-state index contributed by atoms with van der Waals surface area (Å²) in [5.41, 5.74) is 6.13. The molecule has 172 valence electrons. The van der Waals surface area contributed by atoms with E-state index in [0.717, 1.165) is 10.9 Å². The predicted molar refractivity (Wildman–Crippen MR) is 126 cm³/mol. The van der Waals surface area contributed by atoms with Crippen molar-refractivity contribution in [1.82, 2.24) is 4.98 Å². The van der Waals surface area contributed by atoms with Crippen LogP contribution in [0, 0.1) is 22.7 Å². The minimum absolute atomic E-state index is 0.0718. The molecular weight excluding hydrogens is 446 g/mol. The van der Waals surface area contributed by atoms with E-state index in [1.54, 1.807) is 37.4 Å². The summed E-state index contributed by atoms with van der Waals surface area (Å²) in [7, 11) is 0. The van der Waals surface area contributed by atoms with Gasteiger partial charge in [-0.05, 0) is 19.1 Å². The number of carbonyl (C=O) groups is 2. The fraction of sp³-hybridized carbons (Fsp3) is 0.154. The van der Waals surface area contributed by atoms with Crippen molar-refractivity contribution in [3.05, 3.63) is 82.9 Å². The Bertz CT molecular complexity index is 1550. The van der Waals surface area contributed by atoms with Crippen molar-refractivity contribution in [2.45, 2.75) is 12.3 Å². The average Bonchev–Trinajstić information content (AvgIpc) is 3.39. The number of aromatic nitrogens is 1. The zero-order valence-corrected chi connectivity index (χ0v) is 18.7. The second-order valence-corrected chi connectivity index (χ2v) is 7.98. The van der Waals surface area contributed by atoms with Crippen molar-refractivity contribution in [1.29, 1.82) is 10.5 Å². The van der Waals surface area contributed by atoms with Gasteiger partial charge >= 0.3 is 5.97 Å². The van der Waals surface area contributed by atoms with Gasteiger partial charge in [-0.15, -0.1) is 0 Å². The van der Waals surface area contributed by atoms with E-state index >= 15 is 0 Å². The highest BCUT2D eigenvalue weighted by Crippen LogP contribution is 2.55. The molecule has 2 aromatic carbocycles. The second-order valence-electron chi connectivity index (χ2n) is 7.98. The number of hydrogen-bond donors (Lipinski definition) is 2. The van der Waals surface area contributed by atoms with Crippen molar-refractivity contribution < 1.29 is 19.1 Å². The van der Waals surface area contributed by atoms with Crippen LogP contribution in [0.3, 0.4) is 0 Å². The third-order valence-electron chi connectivity index (χ3n) is 6.25. The number of anilines is 1. The lowest BCUT2D eigenvalue weighted by atomic mass is 9.68. The molecule has 1 spiro atoms. The molecule has 3 heterocycles. The van der Waals surface area contributed by atoms with Crippen LogP contribution < -0.4 is 10.6 Å². The molecule has 0 radical (unpaired) electrons. The van der Waals surface area contributed by atoms with Crippen molar-refractivity contribution in [3.8, 4) is 12.1 Å². The van der Waals surface area contributed by atoms with Crippen molar-refractivity contribution >= 4 is 34.2 Å². The number of amides is 1. The number of esters is 1. The normalized spacial score (nSPS) is 18.9. The first-order valence-electron chi connectivity index (χ1n) is 10.9. The maximum atomic E-state index is 14.2. The number of H-pyrrole nitrogens is 1. The monoisotopic (exact) mass is 465 g/mol. The van der Waals surface area contributed by atoms with Gasteiger partial charge in [-0.25, -0.2) is 0 Å². The molecule has 9 nitrogen and oxygen atoms in total. The van der Waals surface area contributed by atoms with Gasteiger partial charge in [-0.1, -0.05) is 36.4 Å². The average molecular weight is 465 g/mol. The minimum Gasteiger partial charge on any atom is -0.465 e. The maximum absolute atomic E-state index is 14.2. The number of fused-ring (bicyclic) bond motifs is 3. The van der Waals surface area contributed by atoms with Crippen LogP contribution in [0.1, 0.15) is 18.1 Å². The van der Waals surface area contributed by atoms with Gasteiger partial charge in [0.2, 0.25) is 11.8 Å². The zero-order chi connectivity index (χ0) is 24.7. The lowest BCUT2D eigenvalue weighted by Crippen LogP contribution is -2.47. The van der Waals surface area contributed by atoms with Gasteiger partial charge in [0.1, 0.15) is 24.3 Å². The molecule has 2 aliphatic rings. The SMILES string of the molecule is CCOC(=O)CN1C(=O)[C@]2(C(C#N)=C(N)OC(c3c[nH]c4ccccc34)=C2C#N)c2ccccc21. The van der Waals surface area contributed by atoms with Crippen molar-refractivity contribution in [2.24, 2.45) is 5.73 Å². The number of aromatic amines is 1. The number of nitrogens with one attached hydrogen (secondary N) is 1. The van der Waals surface area contributed by atoms with Crippen LogP contribution in [0.2, 0.25) is 0 Å². The second kappa shape index (κ2) is 8.08. The summed E-state index contributed by atoms with van der Waals surface area (Å²) in [4.78, 5) is 30.9. The Labute approximate surface area is 200 Å². The van der Waals surface area contributed by atoms with Crippen LogP contribution >= 0.6 is 0 Å². The van der Waals surface area contributed by atoms with Gasteiger partial charge in [0.25, 0.3) is 0 Å². The number of hydrogen-bond acceptors (Lipinski definition) is 7. The van der Waals surface area contributed by atoms with E-state index in [1.165, 1.54) is 4.90 Å². The summed E-state index contributed by atoms with van der Waals surface area (Å²) in [6.45, 7) is 1.43. The highest BCUT2D eigenvalue weighted by atomic mass is 16.5. The van der Waals surface area contributed by atoms with Gasteiger partial charge in [-0.2, -0.15) is 10.5 Å². The quantitative estimate of drug-likeness (QED) is 0.563. The molecule has 5 rings (SSSR count). The Morgan fingerprint density at radius 2 is 1.86 bits per heavy atom. The molecule has 35 heavy (non-hydrogen) atoms. The molecule has 0 aliphatic carbocycles. The minimum atomic E-state index is -1.87. The van der Waals surface area contributed by atoms with Gasteiger partial charge in [0, 0.05) is 33.9 Å². The van der Waals surface area contributed by atoms with E-state index in [1.807, 2.05) is 30.3 Å². The number of nitrogens with two attached hydrogens (primary N) is 1. The molecule has 0 bridgehead atoms. The van der Waals surface area contributed by atoms with Crippen LogP contribution in [-0.4, -0.2) is 30.0 Å². The van der Waals surface area contributed by atoms with Crippen molar-refractivity contribution in [2.75, 3.05) is 18.1 Å². The maximum Gasteiger partial charge on any atom is 0.326 e. The third kappa shape index (κ3) is 2.92. The van der Waals surface area contributed by atoms with Gasteiger partial charge in [-0.3, -0.25) is 14.5 Å². The molecule has 0 fully saturated rings. The fourth-order valence-corrected chi connectivity index (χ4v) is 4.84. The highest BCUT2D eigenvalue weighted by Gasteiger charge is 2.61. The summed E-state index contributed by atoms with van der Waals surface area (Å²) in [6.07, 6.45) is 1.66. The molecule has 1 aromatic heterocycles. The van der Waals surface area contributed by atoms with Crippen LogP contribution in [0.25, 0.3) is 16.7 Å². The largest absolute Gasteiger partial charge is 0.465 e. The Morgan fingerprint density at radius 3 is 2.60 bits per heavy atom. The molecular formula is C26H19N5O4. The Morgan fingerprint density at radius 1 is 1.14 bits per heavy atom. The number of para-hydroxylation sites is 2. The molecule has 1 atom stereocenters. The summed E-state index contributed by atoms with van der Waals surface area (Å²) in [5, 5.41) is 21.3. The van der Waals surface area contributed by atoms with Gasteiger partial charge < -0.3 is 20.2 Å². The first kappa shape index (κ1) is 21.8. The first-order chi connectivity index (χ1) is 17.0. The van der Waals surface area contributed by atoms with Gasteiger partial charge in [0.05, 0.1) is 12.2 Å². The smallest absolute Gasteiger partial charge is 0.326 e. The first-order valence-corrected chi connectivity index (χ1v) is 10.9. The standard InChI is InChI=1S/C26H19N5O4/c1-2-34-22(32)14-31-21-10-6-4-8-17(21)26(25(31)33)18(11-27)23(35-24(29)19(26)12-28)16-13-30-20-9-5-3-7-15(16)20/h3-10,13,30H,2,14,29H2,1H3/t26-/m1/s1. The number of benzene rings is 2. The van der Waals surface area contributed by atoms with Crippen LogP contribution in [-0.2, 0) is 24.5 Å². The number of rotatable bonds is 4. The molecule has 1 amide bonds. The third-order valence-corrected chi connectivity index (χ3v) is 6.25. The van der Waals surface area contributed by atoms with E-state index in [2.05, 4.69) is 11.1 Å². The zero-order valence-electron chi connectivity index (χ0n) is 18.7. The lowest BCUT2D eigenvalue weighted by molar-refractivity contribution is -0.142. The topological polar surface area (TPSA) is 145 Å². The Balaban J connectivity index is 1.82. The number of nitriles is 2. The fourth-order valence-electron chi connectivity index (χ4n) is 4.84. The highest BCUT2D eigenvalue weighted by molar-refractivity contribution is 6.17. The van der Waals surface area contributed by atoms with E-state index in [9.17, 15) is 20.1 Å². The van der Waals surface area contributed by atoms with Crippen molar-refractivity contribution in [3.63, 3.8) is 0 Å². The van der Waals surface area contributed by atoms with E-state index < -0.39 is 17.3 Å². The molecule has 3 aromatic rings. The summed E-state index contributed by atoms with van der Waals surface area (Å²) in [6, 6.07) is 18.2. The molecule has 2 aliphatic heterocycles. The summed E-state index contributed by atoms with van der Waals surface area (Å²) >= 11 is 0. The van der Waals surface area contributed by atoms with Gasteiger partial charge in [0.15, 0.2) is 11.2 Å². The molecule has 0 saturated heterocycles. The summed E-state index contributed by atoms with van der Waals surface area (Å²) in [5.74, 6) is -1.48. The Hall–Kier alpha value is -5.02. The Kier molecular flexibility index (Phi) is 5.04. The number of nitrogens with zero attached hydrogens (tertiary/aromatic N) is 3. The lowest BCUT2D eigenvalue weighted by Gasteiger charge is -2.33. The van der Waals surface area contributed by atoms with E-state index in [0.29, 0.717) is 16.8 Å². The molecule has 0 unspecified atom stereocenters. The summed E-state index contributed by atoms with van der Waals surface area (Å²) < 4.78 is 10.9. The molecule has 9 heteroatoms. The number of carbonyl (C=O) groups excluding carboxylic acids is 2. The predicted octanol–water partition coefficient (Wildman–Crippen LogP) is 2.97. The van der Waals surface area contributed by atoms with Crippen LogP contribution in [0.15, 0.2) is 71.8 Å².